The van der Waals surface area contributed by atoms with Gasteiger partial charge < -0.3 is 59.8 Å². The highest BCUT2D eigenvalue weighted by Gasteiger charge is 2.46. The molecule has 0 saturated carbocycles. The Morgan fingerprint density at radius 1 is 0.767 bits per heavy atom. The van der Waals surface area contributed by atoms with Gasteiger partial charge in [0, 0.05) is 29.5 Å². The van der Waals surface area contributed by atoms with Crippen molar-refractivity contribution in [2.24, 2.45) is 0 Å². The standard InChI is InChI=1S/C30H30O13/c1-11-25(37)26(38)27(39)30(40-11)42-22-8-15-21(41-28(22)13-3-5-17(32)19(34)7-13)10-20(35)24-14(9-23(36)43-29(15)24)12-2-4-16(31)18(33)6-12/h2-7,10-11,14,22,25-28,30-35,37-39H,8-9H2,1H3/t11-,14+,22-,25-,26+,27+,28+,30-/m0/s1. The van der Waals surface area contributed by atoms with Crippen molar-refractivity contribution in [1.82, 2.24) is 0 Å². The molecule has 0 bridgehead atoms. The number of hydrogen-bond donors (Lipinski definition) is 8. The molecule has 3 aromatic rings. The summed E-state index contributed by atoms with van der Waals surface area (Å²) < 4.78 is 23.7. The molecule has 0 amide bonds. The van der Waals surface area contributed by atoms with Crippen molar-refractivity contribution in [3.8, 4) is 40.2 Å². The summed E-state index contributed by atoms with van der Waals surface area (Å²) in [4.78, 5) is 12.8. The van der Waals surface area contributed by atoms with Crippen molar-refractivity contribution in [1.29, 1.82) is 0 Å². The highest BCUT2D eigenvalue weighted by atomic mass is 16.7. The van der Waals surface area contributed by atoms with Crippen LogP contribution in [0.25, 0.3) is 0 Å². The molecule has 13 heteroatoms. The third-order valence-corrected chi connectivity index (χ3v) is 8.14. The van der Waals surface area contributed by atoms with Crippen LogP contribution in [0.15, 0.2) is 42.5 Å². The summed E-state index contributed by atoms with van der Waals surface area (Å²) in [5, 5.41) is 82.1. The topological polar surface area (TPSA) is 216 Å². The monoisotopic (exact) mass is 598 g/mol. The summed E-state index contributed by atoms with van der Waals surface area (Å²) in [5.74, 6) is -3.06. The van der Waals surface area contributed by atoms with Crippen LogP contribution in [0.1, 0.15) is 47.6 Å². The number of benzene rings is 3. The number of carbonyl (C=O) groups excluding carboxylic acids is 1. The van der Waals surface area contributed by atoms with Gasteiger partial charge in [0.1, 0.15) is 41.7 Å². The second kappa shape index (κ2) is 10.8. The van der Waals surface area contributed by atoms with Gasteiger partial charge in [-0.3, -0.25) is 4.79 Å². The molecule has 43 heavy (non-hydrogen) atoms. The van der Waals surface area contributed by atoms with Crippen LogP contribution in [0.3, 0.4) is 0 Å². The molecule has 3 aromatic carbocycles. The van der Waals surface area contributed by atoms with E-state index in [4.69, 9.17) is 18.9 Å². The zero-order valence-electron chi connectivity index (χ0n) is 22.7. The van der Waals surface area contributed by atoms with Gasteiger partial charge in [-0.1, -0.05) is 12.1 Å². The summed E-state index contributed by atoms with van der Waals surface area (Å²) in [6.45, 7) is 1.50. The van der Waals surface area contributed by atoms with Crippen molar-refractivity contribution in [2.45, 2.75) is 68.6 Å². The van der Waals surface area contributed by atoms with Crippen LogP contribution < -0.4 is 9.47 Å². The number of aliphatic hydroxyl groups excluding tert-OH is 3. The van der Waals surface area contributed by atoms with Gasteiger partial charge in [-0.25, -0.2) is 0 Å². The number of rotatable bonds is 4. The van der Waals surface area contributed by atoms with Gasteiger partial charge in [-0.15, -0.1) is 0 Å². The first kappa shape index (κ1) is 28.8. The van der Waals surface area contributed by atoms with E-state index in [9.17, 15) is 45.6 Å². The number of fused-ring (bicyclic) bond motifs is 3. The van der Waals surface area contributed by atoms with E-state index in [0.29, 0.717) is 16.7 Å². The maximum absolute atomic E-state index is 12.8. The van der Waals surface area contributed by atoms with Gasteiger partial charge in [-0.05, 0) is 42.3 Å². The molecule has 0 unspecified atom stereocenters. The van der Waals surface area contributed by atoms with E-state index in [1.165, 1.54) is 49.4 Å². The number of hydrogen-bond acceptors (Lipinski definition) is 13. The largest absolute Gasteiger partial charge is 0.507 e. The number of phenolic OH excluding ortho intramolecular Hbond substituents is 5. The summed E-state index contributed by atoms with van der Waals surface area (Å²) in [6, 6.07) is 9.40. The van der Waals surface area contributed by atoms with Crippen LogP contribution in [0.2, 0.25) is 0 Å². The van der Waals surface area contributed by atoms with Crippen molar-refractivity contribution in [3.63, 3.8) is 0 Å². The molecule has 228 valence electrons. The molecule has 1 saturated heterocycles. The molecule has 0 aliphatic carbocycles. The average molecular weight is 599 g/mol. The second-order valence-corrected chi connectivity index (χ2v) is 10.9. The van der Waals surface area contributed by atoms with Crippen molar-refractivity contribution < 1.29 is 64.6 Å². The molecular weight excluding hydrogens is 568 g/mol. The minimum atomic E-state index is -1.64. The number of aromatic hydroxyl groups is 5. The molecule has 0 spiro atoms. The lowest BCUT2D eigenvalue weighted by Gasteiger charge is -2.43. The molecule has 0 radical (unpaired) electrons. The molecule has 6 rings (SSSR count). The zero-order chi connectivity index (χ0) is 30.7. The Morgan fingerprint density at radius 3 is 2.09 bits per heavy atom. The van der Waals surface area contributed by atoms with Gasteiger partial charge >= 0.3 is 5.97 Å². The second-order valence-electron chi connectivity index (χ2n) is 10.9. The number of carbonyl (C=O) groups is 1. The average Bonchev–Trinajstić information content (AvgIpc) is 2.97. The predicted octanol–water partition coefficient (Wildman–Crippen LogP) is 1.54. The van der Waals surface area contributed by atoms with Gasteiger partial charge in [0.2, 0.25) is 0 Å². The van der Waals surface area contributed by atoms with Crippen molar-refractivity contribution >= 4 is 5.97 Å². The minimum Gasteiger partial charge on any atom is -0.507 e. The van der Waals surface area contributed by atoms with Gasteiger partial charge in [0.25, 0.3) is 0 Å². The Bertz CT molecular complexity index is 1570. The van der Waals surface area contributed by atoms with E-state index in [2.05, 4.69) is 0 Å². The Kier molecular flexibility index (Phi) is 7.22. The van der Waals surface area contributed by atoms with Crippen LogP contribution in [0.4, 0.5) is 0 Å². The van der Waals surface area contributed by atoms with Gasteiger partial charge in [0.05, 0.1) is 12.5 Å². The first-order chi connectivity index (χ1) is 20.4. The fraction of sp³-hybridized carbons (Fsp3) is 0.367. The third kappa shape index (κ3) is 5.04. The molecule has 8 atom stereocenters. The molecule has 1 fully saturated rings. The van der Waals surface area contributed by atoms with Crippen LogP contribution in [0, 0.1) is 0 Å². The van der Waals surface area contributed by atoms with Crippen LogP contribution >= 0.6 is 0 Å². The lowest BCUT2D eigenvalue weighted by Crippen LogP contribution is -2.58. The molecule has 13 nitrogen and oxygen atoms in total. The summed E-state index contributed by atoms with van der Waals surface area (Å²) in [7, 11) is 0. The molecule has 8 N–H and O–H groups in total. The molecule has 3 aliphatic heterocycles. The minimum absolute atomic E-state index is 0.0124. The Morgan fingerprint density at radius 2 is 1.42 bits per heavy atom. The Balaban J connectivity index is 1.43. The summed E-state index contributed by atoms with van der Waals surface area (Å²) >= 11 is 0. The summed E-state index contributed by atoms with van der Waals surface area (Å²) in [6.07, 6.45) is -9.13. The predicted molar refractivity (Wildman–Crippen MR) is 144 cm³/mol. The third-order valence-electron chi connectivity index (χ3n) is 8.14. The molecule has 3 aliphatic rings. The fourth-order valence-electron chi connectivity index (χ4n) is 5.84. The lowest BCUT2D eigenvalue weighted by atomic mass is 9.82. The number of ether oxygens (including phenoxy) is 4. The summed E-state index contributed by atoms with van der Waals surface area (Å²) in [5.41, 5.74) is 1.35. The van der Waals surface area contributed by atoms with E-state index in [1.54, 1.807) is 0 Å². The number of aliphatic hydroxyl groups is 3. The number of esters is 1. The first-order valence-electron chi connectivity index (χ1n) is 13.6. The lowest BCUT2D eigenvalue weighted by molar-refractivity contribution is -0.310. The maximum atomic E-state index is 12.8. The van der Waals surface area contributed by atoms with E-state index in [1.807, 2.05) is 0 Å². The quantitative estimate of drug-likeness (QED) is 0.122. The first-order valence-corrected chi connectivity index (χ1v) is 13.6. The highest BCUT2D eigenvalue weighted by molar-refractivity contribution is 5.80. The maximum Gasteiger partial charge on any atom is 0.312 e. The Hall–Kier alpha value is -4.27. The van der Waals surface area contributed by atoms with Crippen LogP contribution in [-0.4, -0.2) is 83.6 Å². The van der Waals surface area contributed by atoms with E-state index < -0.39 is 66.3 Å². The van der Waals surface area contributed by atoms with Gasteiger partial charge in [-0.2, -0.15) is 0 Å². The van der Waals surface area contributed by atoms with Gasteiger partial charge in [0.15, 0.2) is 35.4 Å². The van der Waals surface area contributed by atoms with Crippen molar-refractivity contribution in [3.05, 3.63) is 64.7 Å². The zero-order valence-corrected chi connectivity index (χ0v) is 22.7. The van der Waals surface area contributed by atoms with Crippen LogP contribution in [-0.2, 0) is 20.7 Å². The fourth-order valence-corrected chi connectivity index (χ4v) is 5.84. The van der Waals surface area contributed by atoms with E-state index in [0.717, 1.165) is 0 Å². The smallest absolute Gasteiger partial charge is 0.312 e. The molecule has 0 aromatic heterocycles. The van der Waals surface area contributed by atoms with E-state index >= 15 is 0 Å². The highest BCUT2D eigenvalue weighted by Crippen LogP contribution is 2.53. The van der Waals surface area contributed by atoms with E-state index in [-0.39, 0.29) is 47.2 Å². The Labute approximate surface area is 244 Å². The molecular formula is C30H30O13. The van der Waals surface area contributed by atoms with Crippen LogP contribution in [0.5, 0.6) is 40.2 Å². The number of phenols is 5. The molecule has 3 heterocycles. The normalized spacial score (nSPS) is 30.1. The SMILES string of the molecule is C[C@@H]1O[C@@H](O[C@H]2Cc3c(cc(O)c4c3OC(=O)C[C@@H]4c3ccc(O)c(O)c3)O[C@@H]2c2ccc(O)c(O)c2)[C@H](O)[C@H](O)[C@H]1O. The van der Waals surface area contributed by atoms with Crippen molar-refractivity contribution in [2.75, 3.05) is 0 Å².